The van der Waals surface area contributed by atoms with Gasteiger partial charge in [0.25, 0.3) is 0 Å². The summed E-state index contributed by atoms with van der Waals surface area (Å²) in [7, 11) is 0. The van der Waals surface area contributed by atoms with Gasteiger partial charge in [-0.15, -0.1) is 11.6 Å². The highest BCUT2D eigenvalue weighted by Gasteiger charge is 2.11. The number of ether oxygens (including phenoxy) is 1. The summed E-state index contributed by atoms with van der Waals surface area (Å²) in [5.74, 6) is 0.306. The van der Waals surface area contributed by atoms with E-state index in [0.717, 1.165) is 0 Å². The number of halogens is 1. The number of carbonyl (C=O) groups excluding carboxylic acids is 1. The fourth-order valence-electron chi connectivity index (χ4n) is 0.566. The lowest BCUT2D eigenvalue weighted by Crippen LogP contribution is -2.14. The molecular weight excluding hydrogens is 152 g/mol. The average Bonchev–Trinajstić information content (AvgIpc) is 1.89. The Labute approximate surface area is 66.5 Å². The molecule has 1 atom stereocenters. The Balaban J connectivity index is 3.49. The van der Waals surface area contributed by atoms with Crippen molar-refractivity contribution < 1.29 is 9.53 Å². The molecule has 0 aromatic carbocycles. The predicted molar refractivity (Wildman–Crippen MR) is 41.1 cm³/mol. The molecule has 0 radical (unpaired) electrons. The van der Waals surface area contributed by atoms with Crippen LogP contribution in [0.25, 0.3) is 0 Å². The second kappa shape index (κ2) is 5.54. The second-order valence-corrected chi connectivity index (χ2v) is 2.51. The molecule has 0 bridgehead atoms. The monoisotopic (exact) mass is 164 g/mol. The topological polar surface area (TPSA) is 26.3 Å². The minimum atomic E-state index is -0.150. The maximum atomic E-state index is 10.9. The minimum Gasteiger partial charge on any atom is -0.466 e. The molecular formula is C7H13ClO2. The van der Waals surface area contributed by atoms with Crippen LogP contribution < -0.4 is 0 Å². The Bertz CT molecular complexity index is 104. The lowest BCUT2D eigenvalue weighted by Gasteiger charge is -2.06. The first kappa shape index (κ1) is 9.76. The summed E-state index contributed by atoms with van der Waals surface area (Å²) in [6, 6.07) is 0. The van der Waals surface area contributed by atoms with Crippen LogP contribution in [0.3, 0.4) is 0 Å². The minimum absolute atomic E-state index is 0.0579. The molecule has 0 aliphatic carbocycles. The fraction of sp³-hybridized carbons (Fsp3) is 0.857. The molecule has 0 amide bonds. The van der Waals surface area contributed by atoms with Crippen molar-refractivity contribution in [1.29, 1.82) is 0 Å². The van der Waals surface area contributed by atoms with Crippen LogP contribution in [0.15, 0.2) is 0 Å². The van der Waals surface area contributed by atoms with E-state index in [9.17, 15) is 4.79 Å². The van der Waals surface area contributed by atoms with Crippen molar-refractivity contribution in [3.05, 3.63) is 0 Å². The molecule has 3 heteroatoms. The molecule has 0 saturated carbocycles. The van der Waals surface area contributed by atoms with Crippen molar-refractivity contribution in [1.82, 2.24) is 0 Å². The van der Waals surface area contributed by atoms with E-state index in [-0.39, 0.29) is 11.9 Å². The predicted octanol–water partition coefficient (Wildman–Crippen LogP) is 1.81. The van der Waals surface area contributed by atoms with Gasteiger partial charge in [0.1, 0.15) is 0 Å². The lowest BCUT2D eigenvalue weighted by atomic mass is 10.1. The highest BCUT2D eigenvalue weighted by Crippen LogP contribution is 2.04. The van der Waals surface area contributed by atoms with Crippen LogP contribution in [0.1, 0.15) is 20.3 Å². The summed E-state index contributed by atoms with van der Waals surface area (Å²) in [6.07, 6.45) is 0.695. The molecule has 0 heterocycles. The molecule has 60 valence electrons. The molecule has 0 rings (SSSR count). The van der Waals surface area contributed by atoms with Gasteiger partial charge in [0.15, 0.2) is 0 Å². The Morgan fingerprint density at radius 2 is 2.30 bits per heavy atom. The van der Waals surface area contributed by atoms with Crippen molar-refractivity contribution >= 4 is 17.6 Å². The quantitative estimate of drug-likeness (QED) is 0.468. The maximum Gasteiger partial charge on any atom is 0.308 e. The normalized spacial score (nSPS) is 12.7. The Morgan fingerprint density at radius 3 is 2.70 bits per heavy atom. The van der Waals surface area contributed by atoms with Crippen molar-refractivity contribution in [2.75, 3.05) is 12.5 Å². The zero-order chi connectivity index (χ0) is 7.98. The highest BCUT2D eigenvalue weighted by atomic mass is 35.5. The van der Waals surface area contributed by atoms with Crippen LogP contribution in [-0.2, 0) is 9.53 Å². The van der Waals surface area contributed by atoms with E-state index in [2.05, 4.69) is 0 Å². The van der Waals surface area contributed by atoms with Crippen molar-refractivity contribution in [3.8, 4) is 0 Å². The van der Waals surface area contributed by atoms with Gasteiger partial charge in [-0.25, -0.2) is 0 Å². The summed E-state index contributed by atoms with van der Waals surface area (Å²) < 4.78 is 4.76. The molecule has 0 aliphatic rings. The number of carbonyl (C=O) groups is 1. The third kappa shape index (κ3) is 3.72. The molecule has 0 aromatic rings. The van der Waals surface area contributed by atoms with E-state index in [1.165, 1.54) is 0 Å². The number of alkyl halides is 1. The van der Waals surface area contributed by atoms with E-state index in [0.29, 0.717) is 18.9 Å². The Hall–Kier alpha value is -0.240. The average molecular weight is 165 g/mol. The Morgan fingerprint density at radius 1 is 1.70 bits per heavy atom. The van der Waals surface area contributed by atoms with Gasteiger partial charge in [-0.2, -0.15) is 0 Å². The molecule has 0 N–H and O–H groups in total. The molecule has 2 nitrogen and oxygen atoms in total. The largest absolute Gasteiger partial charge is 0.466 e. The molecule has 0 spiro atoms. The van der Waals surface area contributed by atoms with Gasteiger partial charge in [-0.3, -0.25) is 4.79 Å². The van der Waals surface area contributed by atoms with Crippen molar-refractivity contribution in [3.63, 3.8) is 0 Å². The third-order valence-electron chi connectivity index (χ3n) is 1.23. The standard InChI is InChI=1S/C7H13ClO2/c1-3-10-7(9)6(2)4-5-8/h6H,3-5H2,1-2H3/t6-/m1/s1. The van der Waals surface area contributed by atoms with Gasteiger partial charge in [0, 0.05) is 5.88 Å². The maximum absolute atomic E-state index is 10.9. The summed E-state index contributed by atoms with van der Waals surface area (Å²) in [5.41, 5.74) is 0. The molecule has 10 heavy (non-hydrogen) atoms. The summed E-state index contributed by atoms with van der Waals surface area (Å²) in [5, 5.41) is 0. The summed E-state index contributed by atoms with van der Waals surface area (Å²) in [4.78, 5) is 10.9. The number of esters is 1. The Kier molecular flexibility index (Phi) is 5.40. The molecule has 0 saturated heterocycles. The van der Waals surface area contributed by atoms with E-state index in [4.69, 9.17) is 16.3 Å². The third-order valence-corrected chi connectivity index (χ3v) is 1.45. The van der Waals surface area contributed by atoms with Crippen LogP contribution in [0, 0.1) is 5.92 Å². The first-order chi connectivity index (χ1) is 4.72. The van der Waals surface area contributed by atoms with Gasteiger partial charge in [-0.1, -0.05) is 6.92 Å². The van der Waals surface area contributed by atoms with E-state index >= 15 is 0 Å². The smallest absolute Gasteiger partial charge is 0.308 e. The van der Waals surface area contributed by atoms with E-state index in [1.807, 2.05) is 6.92 Å². The van der Waals surface area contributed by atoms with Gasteiger partial charge in [0.2, 0.25) is 0 Å². The molecule has 0 aromatic heterocycles. The van der Waals surface area contributed by atoms with Crippen LogP contribution in [0.2, 0.25) is 0 Å². The van der Waals surface area contributed by atoms with Gasteiger partial charge in [0.05, 0.1) is 12.5 Å². The SMILES string of the molecule is CCOC(=O)[C@H](C)CCCl. The first-order valence-electron chi connectivity index (χ1n) is 3.45. The van der Waals surface area contributed by atoms with E-state index in [1.54, 1.807) is 6.92 Å². The second-order valence-electron chi connectivity index (χ2n) is 2.13. The number of hydrogen-bond donors (Lipinski definition) is 0. The zero-order valence-corrected chi connectivity index (χ0v) is 7.15. The summed E-state index contributed by atoms with van der Waals surface area (Å²) in [6.45, 7) is 4.07. The highest BCUT2D eigenvalue weighted by molar-refractivity contribution is 6.17. The lowest BCUT2D eigenvalue weighted by molar-refractivity contribution is -0.147. The van der Waals surface area contributed by atoms with Crippen LogP contribution in [0.5, 0.6) is 0 Å². The molecule has 0 unspecified atom stereocenters. The fourth-order valence-corrected chi connectivity index (χ4v) is 0.893. The summed E-state index contributed by atoms with van der Waals surface area (Å²) >= 11 is 5.43. The van der Waals surface area contributed by atoms with E-state index < -0.39 is 0 Å². The first-order valence-corrected chi connectivity index (χ1v) is 3.98. The number of hydrogen-bond acceptors (Lipinski definition) is 2. The van der Waals surface area contributed by atoms with Crippen LogP contribution in [-0.4, -0.2) is 18.5 Å². The van der Waals surface area contributed by atoms with Gasteiger partial charge in [-0.05, 0) is 13.3 Å². The molecule has 0 fully saturated rings. The van der Waals surface area contributed by atoms with Crippen LogP contribution in [0.4, 0.5) is 0 Å². The van der Waals surface area contributed by atoms with Crippen molar-refractivity contribution in [2.45, 2.75) is 20.3 Å². The number of rotatable bonds is 4. The van der Waals surface area contributed by atoms with Gasteiger partial charge >= 0.3 is 5.97 Å². The molecule has 0 aliphatic heterocycles. The van der Waals surface area contributed by atoms with Crippen molar-refractivity contribution in [2.24, 2.45) is 5.92 Å². The van der Waals surface area contributed by atoms with Gasteiger partial charge < -0.3 is 4.74 Å². The zero-order valence-electron chi connectivity index (χ0n) is 6.39. The van der Waals surface area contributed by atoms with Crippen LogP contribution >= 0.6 is 11.6 Å².